The summed E-state index contributed by atoms with van der Waals surface area (Å²) in [4.78, 5) is -0.483. The molecular weight excluding hydrogens is 329 g/mol. The fourth-order valence-electron chi connectivity index (χ4n) is 1.72. The molecule has 0 saturated heterocycles. The molecule has 2 rings (SSSR count). The van der Waals surface area contributed by atoms with Gasteiger partial charge >= 0.3 is 0 Å². The fourth-order valence-corrected chi connectivity index (χ4v) is 3.10. The molecule has 0 aliphatic rings. The number of benzene rings is 2. The normalized spacial score (nSPS) is 10.5. The van der Waals surface area contributed by atoms with E-state index in [9.17, 15) is 12.8 Å². The number of hydrogen-bond donors (Lipinski definition) is 1. The molecule has 22 heavy (non-hydrogen) atoms. The van der Waals surface area contributed by atoms with Crippen LogP contribution in [0.3, 0.4) is 0 Å². The molecule has 0 unspecified atom stereocenters. The zero-order valence-electron chi connectivity index (χ0n) is 10.8. The van der Waals surface area contributed by atoms with Crippen LogP contribution >= 0.6 is 11.6 Å². The largest absolute Gasteiger partial charge is 0.280 e. The summed E-state index contributed by atoms with van der Waals surface area (Å²) in [5.41, 5.74) is -0.416. The number of anilines is 1. The Labute approximate surface area is 131 Å². The van der Waals surface area contributed by atoms with Crippen molar-refractivity contribution in [1.29, 1.82) is 10.5 Å². The van der Waals surface area contributed by atoms with Crippen molar-refractivity contribution in [1.82, 2.24) is 0 Å². The molecule has 0 amide bonds. The average molecular weight is 336 g/mol. The Morgan fingerprint density at radius 3 is 2.50 bits per heavy atom. The first-order valence-corrected chi connectivity index (χ1v) is 7.66. The number of nitrogens with zero attached hydrogens (tertiary/aromatic N) is 2. The lowest BCUT2D eigenvalue weighted by Gasteiger charge is -2.10. The van der Waals surface area contributed by atoms with Gasteiger partial charge in [0.2, 0.25) is 0 Å². The molecule has 0 radical (unpaired) electrons. The smallest absolute Gasteiger partial charge is 0.263 e. The highest BCUT2D eigenvalue weighted by molar-refractivity contribution is 7.92. The van der Waals surface area contributed by atoms with E-state index in [1.165, 1.54) is 30.3 Å². The maximum absolute atomic E-state index is 13.5. The van der Waals surface area contributed by atoms with Gasteiger partial charge in [-0.05, 0) is 30.3 Å². The van der Waals surface area contributed by atoms with Gasteiger partial charge < -0.3 is 0 Å². The molecule has 5 nitrogen and oxygen atoms in total. The predicted molar refractivity (Wildman–Crippen MR) is 78.1 cm³/mol. The van der Waals surface area contributed by atoms with Crippen molar-refractivity contribution < 1.29 is 12.8 Å². The lowest BCUT2D eigenvalue weighted by Crippen LogP contribution is -2.15. The topological polar surface area (TPSA) is 93.8 Å². The van der Waals surface area contributed by atoms with E-state index in [1.54, 1.807) is 0 Å². The van der Waals surface area contributed by atoms with Crippen molar-refractivity contribution in [2.24, 2.45) is 0 Å². The standard InChI is InChI=1S/C14H7ClFN3O2S/c15-12-5-4-10(6-9(12)7-17)19-22(20,21)14-3-1-2-13(16)11(14)8-18/h1-6,19H. The van der Waals surface area contributed by atoms with Crippen LogP contribution in [0, 0.1) is 28.5 Å². The first-order valence-electron chi connectivity index (χ1n) is 5.80. The van der Waals surface area contributed by atoms with Crippen molar-refractivity contribution in [2.45, 2.75) is 4.90 Å². The third-order valence-electron chi connectivity index (χ3n) is 2.72. The van der Waals surface area contributed by atoms with Crippen LogP contribution in [0.25, 0.3) is 0 Å². The van der Waals surface area contributed by atoms with Crippen LogP contribution in [0.5, 0.6) is 0 Å². The number of sulfonamides is 1. The number of nitriles is 2. The summed E-state index contributed by atoms with van der Waals surface area (Å²) < 4.78 is 40.2. The fraction of sp³-hybridized carbons (Fsp3) is 0. The third kappa shape index (κ3) is 3.01. The molecule has 0 heterocycles. The predicted octanol–water partition coefficient (Wildman–Crippen LogP) is 3.02. The Balaban J connectivity index is 2.48. The molecule has 0 atom stereocenters. The molecule has 2 aromatic rings. The second kappa shape index (κ2) is 6.02. The van der Waals surface area contributed by atoms with Crippen molar-refractivity contribution in [2.75, 3.05) is 4.72 Å². The van der Waals surface area contributed by atoms with Crippen LogP contribution in [0.4, 0.5) is 10.1 Å². The van der Waals surface area contributed by atoms with Gasteiger partial charge in [-0.15, -0.1) is 0 Å². The maximum Gasteiger partial charge on any atom is 0.263 e. The lowest BCUT2D eigenvalue weighted by molar-refractivity contribution is 0.593. The van der Waals surface area contributed by atoms with Gasteiger partial charge in [0.15, 0.2) is 0 Å². The van der Waals surface area contributed by atoms with Crippen LogP contribution in [0.15, 0.2) is 41.3 Å². The molecular formula is C14H7ClFN3O2S. The molecule has 0 bridgehead atoms. The Bertz CT molecular complexity index is 930. The van der Waals surface area contributed by atoms with E-state index in [1.807, 2.05) is 6.07 Å². The first-order chi connectivity index (χ1) is 10.4. The minimum Gasteiger partial charge on any atom is -0.280 e. The van der Waals surface area contributed by atoms with Crippen molar-refractivity contribution in [3.8, 4) is 12.1 Å². The van der Waals surface area contributed by atoms with E-state index < -0.39 is 26.3 Å². The molecule has 0 fully saturated rings. The van der Waals surface area contributed by atoms with Crippen LogP contribution in [-0.4, -0.2) is 8.42 Å². The lowest BCUT2D eigenvalue weighted by atomic mass is 10.2. The minimum atomic E-state index is -4.18. The van der Waals surface area contributed by atoms with Crippen molar-refractivity contribution >= 4 is 27.3 Å². The summed E-state index contributed by atoms with van der Waals surface area (Å²) in [6.07, 6.45) is 0. The van der Waals surface area contributed by atoms with Gasteiger partial charge in [0.05, 0.1) is 16.3 Å². The molecule has 8 heteroatoms. The van der Waals surface area contributed by atoms with Gasteiger partial charge in [0.25, 0.3) is 10.0 Å². The monoisotopic (exact) mass is 335 g/mol. The Hall–Kier alpha value is -2.61. The molecule has 0 saturated carbocycles. The molecule has 0 aromatic heterocycles. The van der Waals surface area contributed by atoms with E-state index in [4.69, 9.17) is 22.1 Å². The highest BCUT2D eigenvalue weighted by atomic mass is 35.5. The quantitative estimate of drug-likeness (QED) is 0.932. The van der Waals surface area contributed by atoms with E-state index in [0.29, 0.717) is 0 Å². The zero-order chi connectivity index (χ0) is 16.3. The number of nitrogens with one attached hydrogen (secondary N) is 1. The molecule has 0 spiro atoms. The summed E-state index contributed by atoms with van der Waals surface area (Å²) >= 11 is 5.76. The van der Waals surface area contributed by atoms with Gasteiger partial charge in [-0.25, -0.2) is 12.8 Å². The Kier molecular flexibility index (Phi) is 4.32. The van der Waals surface area contributed by atoms with E-state index >= 15 is 0 Å². The highest BCUT2D eigenvalue weighted by Gasteiger charge is 2.21. The molecule has 2 aromatic carbocycles. The molecule has 0 aliphatic heterocycles. The average Bonchev–Trinajstić information content (AvgIpc) is 2.48. The number of halogens is 2. The molecule has 1 N–H and O–H groups in total. The number of hydrogen-bond acceptors (Lipinski definition) is 4. The van der Waals surface area contributed by atoms with Crippen molar-refractivity contribution in [3.63, 3.8) is 0 Å². The van der Waals surface area contributed by atoms with Gasteiger partial charge in [0.1, 0.15) is 28.4 Å². The third-order valence-corrected chi connectivity index (χ3v) is 4.47. The van der Waals surface area contributed by atoms with Crippen molar-refractivity contribution in [3.05, 3.63) is 58.4 Å². The van der Waals surface area contributed by atoms with Gasteiger partial charge in [0, 0.05) is 0 Å². The zero-order valence-corrected chi connectivity index (χ0v) is 12.4. The minimum absolute atomic E-state index is 0.0779. The van der Waals surface area contributed by atoms with E-state index in [2.05, 4.69) is 4.72 Å². The maximum atomic E-state index is 13.5. The van der Waals surface area contributed by atoms with E-state index in [-0.39, 0.29) is 16.3 Å². The summed E-state index contributed by atoms with van der Waals surface area (Å²) in [7, 11) is -4.18. The summed E-state index contributed by atoms with van der Waals surface area (Å²) in [6.45, 7) is 0. The summed E-state index contributed by atoms with van der Waals surface area (Å²) in [5.74, 6) is -0.931. The van der Waals surface area contributed by atoms with Crippen LogP contribution < -0.4 is 4.72 Å². The highest BCUT2D eigenvalue weighted by Crippen LogP contribution is 2.24. The van der Waals surface area contributed by atoms with Crippen LogP contribution in [0.1, 0.15) is 11.1 Å². The molecule has 110 valence electrons. The Morgan fingerprint density at radius 2 is 1.86 bits per heavy atom. The SMILES string of the molecule is N#Cc1cc(NS(=O)(=O)c2cccc(F)c2C#N)ccc1Cl. The molecule has 0 aliphatic carbocycles. The Morgan fingerprint density at radius 1 is 1.14 bits per heavy atom. The summed E-state index contributed by atoms with van der Waals surface area (Å²) in [6, 6.07) is 10.6. The van der Waals surface area contributed by atoms with E-state index in [0.717, 1.165) is 12.1 Å². The number of rotatable bonds is 3. The summed E-state index contributed by atoms with van der Waals surface area (Å²) in [5, 5.41) is 18.0. The second-order valence-electron chi connectivity index (χ2n) is 4.14. The first kappa shape index (κ1) is 15.8. The van der Waals surface area contributed by atoms with Gasteiger partial charge in [-0.2, -0.15) is 10.5 Å². The second-order valence-corrected chi connectivity index (χ2v) is 6.19. The van der Waals surface area contributed by atoms with Crippen LogP contribution in [-0.2, 0) is 10.0 Å². The van der Waals surface area contributed by atoms with Gasteiger partial charge in [-0.3, -0.25) is 4.72 Å². The van der Waals surface area contributed by atoms with Crippen LogP contribution in [0.2, 0.25) is 5.02 Å². The van der Waals surface area contributed by atoms with Gasteiger partial charge in [-0.1, -0.05) is 17.7 Å².